The minimum atomic E-state index is -3.40. The largest absolute Gasteiger partial charge is 0.318 e. The molecule has 2 N–H and O–H groups in total. The predicted octanol–water partition coefficient (Wildman–Crippen LogP) is 1.32. The number of ketones is 1. The molecule has 16 heavy (non-hydrogen) atoms. The molecule has 0 amide bonds. The van der Waals surface area contributed by atoms with E-state index >= 15 is 0 Å². The molecule has 0 aromatic heterocycles. The Morgan fingerprint density at radius 3 is 2.31 bits per heavy atom. The van der Waals surface area contributed by atoms with E-state index in [1.807, 2.05) is 0 Å². The smallest absolute Gasteiger partial charge is 0.231 e. The lowest BCUT2D eigenvalue weighted by atomic mass is 9.93. The van der Waals surface area contributed by atoms with Gasteiger partial charge >= 0.3 is 0 Å². The van der Waals surface area contributed by atoms with E-state index in [1.165, 1.54) is 27.3 Å². The Bertz CT molecular complexity index is 592. The maximum atomic E-state index is 11.7. The second-order valence-corrected chi connectivity index (χ2v) is 8.20. The van der Waals surface area contributed by atoms with E-state index in [0.29, 0.717) is 11.1 Å². The van der Waals surface area contributed by atoms with Gasteiger partial charge in [-0.05, 0) is 6.08 Å². The van der Waals surface area contributed by atoms with Crippen LogP contribution in [0.15, 0.2) is 30.3 Å². The van der Waals surface area contributed by atoms with Gasteiger partial charge in [-0.15, -0.1) is 0 Å². The van der Waals surface area contributed by atoms with Crippen LogP contribution in [-0.2, 0) is 7.01 Å². The number of fused-ring (bicyclic) bond motifs is 1. The van der Waals surface area contributed by atoms with Crippen LogP contribution in [0.25, 0.3) is 4.91 Å². The van der Waals surface area contributed by atoms with Crippen molar-refractivity contribution in [2.45, 2.75) is 6.04 Å². The van der Waals surface area contributed by atoms with Gasteiger partial charge in [-0.3, -0.25) is 4.79 Å². The molecule has 1 aliphatic carbocycles. The SMILES string of the molecule is NC1C=C(S(=O)(=O)I)c2ccccc2C1=O. The topological polar surface area (TPSA) is 77.2 Å². The Hall–Kier alpha value is -0.730. The number of hydrogen-bond donors (Lipinski definition) is 1. The number of hydrogen-bond acceptors (Lipinski definition) is 4. The van der Waals surface area contributed by atoms with Crippen molar-refractivity contribution < 1.29 is 13.2 Å². The van der Waals surface area contributed by atoms with Gasteiger partial charge in [-0.1, -0.05) is 24.3 Å². The molecule has 0 aliphatic heterocycles. The van der Waals surface area contributed by atoms with Crippen LogP contribution in [-0.4, -0.2) is 20.2 Å². The summed E-state index contributed by atoms with van der Waals surface area (Å²) in [7, 11) is -3.40. The van der Waals surface area contributed by atoms with Crippen molar-refractivity contribution in [2.75, 3.05) is 0 Å². The van der Waals surface area contributed by atoms with Crippen molar-refractivity contribution in [3.8, 4) is 0 Å². The zero-order valence-corrected chi connectivity index (χ0v) is 11.0. The Kier molecular flexibility index (Phi) is 2.89. The molecule has 0 fully saturated rings. The van der Waals surface area contributed by atoms with E-state index in [1.54, 1.807) is 24.3 Å². The van der Waals surface area contributed by atoms with Crippen molar-refractivity contribution in [1.29, 1.82) is 0 Å². The first kappa shape index (κ1) is 11.7. The fourth-order valence-corrected chi connectivity index (χ4v) is 3.54. The van der Waals surface area contributed by atoms with Crippen LogP contribution < -0.4 is 5.73 Å². The molecule has 0 saturated carbocycles. The van der Waals surface area contributed by atoms with Crippen molar-refractivity contribution in [3.05, 3.63) is 41.5 Å². The van der Waals surface area contributed by atoms with Gasteiger partial charge in [-0.25, -0.2) is 8.42 Å². The Morgan fingerprint density at radius 2 is 1.75 bits per heavy atom. The summed E-state index contributed by atoms with van der Waals surface area (Å²) in [4.78, 5) is 11.8. The Balaban J connectivity index is 2.74. The van der Waals surface area contributed by atoms with E-state index in [2.05, 4.69) is 0 Å². The third-order valence-electron chi connectivity index (χ3n) is 2.35. The molecule has 0 saturated heterocycles. The van der Waals surface area contributed by atoms with Crippen LogP contribution in [0.2, 0.25) is 0 Å². The quantitative estimate of drug-likeness (QED) is 0.613. The highest BCUT2D eigenvalue weighted by molar-refractivity contribution is 14.2. The van der Waals surface area contributed by atoms with Crippen molar-refractivity contribution in [2.24, 2.45) is 5.73 Å². The summed E-state index contributed by atoms with van der Waals surface area (Å²) >= 11 is 1.35. The molecule has 4 nitrogen and oxygen atoms in total. The molecule has 1 atom stereocenters. The third-order valence-corrected chi connectivity index (χ3v) is 4.66. The van der Waals surface area contributed by atoms with Crippen LogP contribution >= 0.6 is 21.2 Å². The van der Waals surface area contributed by atoms with Gasteiger partial charge in [0.25, 0.3) is 0 Å². The van der Waals surface area contributed by atoms with E-state index in [4.69, 9.17) is 5.73 Å². The molecular weight excluding hydrogens is 341 g/mol. The van der Waals surface area contributed by atoms with E-state index < -0.39 is 13.1 Å². The summed E-state index contributed by atoms with van der Waals surface area (Å²) in [5, 5.41) is 0. The Labute approximate surface area is 105 Å². The number of rotatable bonds is 1. The summed E-state index contributed by atoms with van der Waals surface area (Å²) in [6, 6.07) is 5.70. The number of carbonyl (C=O) groups is 1. The number of nitrogens with two attached hydrogens (primary N) is 1. The van der Waals surface area contributed by atoms with E-state index in [-0.39, 0.29) is 10.7 Å². The molecule has 0 spiro atoms. The fourth-order valence-electron chi connectivity index (χ4n) is 1.63. The van der Waals surface area contributed by atoms with Crippen molar-refractivity contribution in [3.63, 3.8) is 0 Å². The third kappa shape index (κ3) is 1.92. The molecule has 84 valence electrons. The average molecular weight is 349 g/mol. The molecule has 1 aromatic rings. The molecule has 1 unspecified atom stereocenters. The van der Waals surface area contributed by atoms with Gasteiger partial charge in [0, 0.05) is 11.1 Å². The maximum Gasteiger partial charge on any atom is 0.231 e. The zero-order valence-electron chi connectivity index (χ0n) is 8.05. The monoisotopic (exact) mass is 349 g/mol. The van der Waals surface area contributed by atoms with Crippen LogP contribution in [0.4, 0.5) is 0 Å². The highest BCUT2D eigenvalue weighted by Crippen LogP contribution is 2.32. The first-order chi connectivity index (χ1) is 7.41. The summed E-state index contributed by atoms with van der Waals surface area (Å²) in [6.45, 7) is 0. The summed E-state index contributed by atoms with van der Waals surface area (Å²) in [6.07, 6.45) is 1.30. The lowest BCUT2D eigenvalue weighted by Crippen LogP contribution is -2.32. The minimum absolute atomic E-state index is 0.121. The molecule has 0 bridgehead atoms. The standard InChI is InChI=1S/C10H8INO3S/c11-16(14,15)9-5-8(12)10(13)7-4-2-1-3-6(7)9/h1-5,8H,12H2. The first-order valence-corrected chi connectivity index (χ1v) is 8.49. The van der Waals surface area contributed by atoms with Gasteiger partial charge in [0.05, 0.1) is 32.2 Å². The fraction of sp³-hybridized carbons (Fsp3) is 0.100. The normalized spacial score (nSPS) is 20.2. The maximum absolute atomic E-state index is 11.7. The summed E-state index contributed by atoms with van der Waals surface area (Å²) in [5.74, 6) is -0.251. The van der Waals surface area contributed by atoms with Crippen molar-refractivity contribution >= 4 is 38.9 Å². The van der Waals surface area contributed by atoms with Crippen LogP contribution in [0.1, 0.15) is 15.9 Å². The molecule has 0 radical (unpaired) electrons. The van der Waals surface area contributed by atoms with Crippen LogP contribution in [0.5, 0.6) is 0 Å². The lowest BCUT2D eigenvalue weighted by Gasteiger charge is -2.18. The molecule has 2 rings (SSSR count). The van der Waals surface area contributed by atoms with Gasteiger partial charge in [0.1, 0.15) is 0 Å². The van der Waals surface area contributed by atoms with Gasteiger partial charge in [-0.2, -0.15) is 0 Å². The van der Waals surface area contributed by atoms with Gasteiger partial charge in [0.2, 0.25) is 7.01 Å². The van der Waals surface area contributed by atoms with Gasteiger partial charge in [0.15, 0.2) is 5.78 Å². The predicted molar refractivity (Wildman–Crippen MR) is 69.7 cm³/mol. The number of Topliss-reactive ketones (excluding diaryl/α,β-unsaturated/α-hetero) is 1. The van der Waals surface area contributed by atoms with Gasteiger partial charge < -0.3 is 5.73 Å². The number of benzene rings is 1. The minimum Gasteiger partial charge on any atom is -0.318 e. The highest BCUT2D eigenvalue weighted by atomic mass is 127. The summed E-state index contributed by atoms with van der Waals surface area (Å²) < 4.78 is 23.1. The second-order valence-electron chi connectivity index (χ2n) is 3.40. The zero-order chi connectivity index (χ0) is 11.9. The van der Waals surface area contributed by atoms with Crippen molar-refractivity contribution in [1.82, 2.24) is 0 Å². The molecule has 0 heterocycles. The molecular formula is C10H8INO3S. The second kappa shape index (κ2) is 3.94. The van der Waals surface area contributed by atoms with Crippen LogP contribution in [0, 0.1) is 0 Å². The first-order valence-electron chi connectivity index (χ1n) is 4.47. The molecule has 6 heteroatoms. The van der Waals surface area contributed by atoms with Crippen LogP contribution in [0.3, 0.4) is 0 Å². The van der Waals surface area contributed by atoms with E-state index in [9.17, 15) is 13.2 Å². The molecule has 1 aliphatic rings. The number of carbonyl (C=O) groups excluding carboxylic acids is 1. The highest BCUT2D eigenvalue weighted by Gasteiger charge is 2.29. The number of halogens is 1. The Morgan fingerprint density at radius 1 is 1.19 bits per heavy atom. The lowest BCUT2D eigenvalue weighted by molar-refractivity contribution is 0.0976. The summed E-state index contributed by atoms with van der Waals surface area (Å²) in [5.41, 5.74) is 6.39. The van der Waals surface area contributed by atoms with E-state index in [0.717, 1.165) is 0 Å². The molecule has 1 aromatic carbocycles. The average Bonchev–Trinajstić information content (AvgIpc) is 2.22.